The van der Waals surface area contributed by atoms with Gasteiger partial charge in [-0.1, -0.05) is 48.8 Å². The highest BCUT2D eigenvalue weighted by Gasteiger charge is 2.65. The first-order valence-corrected chi connectivity index (χ1v) is 6.54. The maximum absolute atomic E-state index is 11.2. The number of hydrogen-bond acceptors (Lipinski definition) is 4. The molecule has 5 heteroatoms. The van der Waals surface area contributed by atoms with Crippen LogP contribution in [0.2, 0.25) is 0 Å². The summed E-state index contributed by atoms with van der Waals surface area (Å²) in [6, 6.07) is 7.81. The molecule has 1 aromatic carbocycles. The van der Waals surface area contributed by atoms with E-state index in [1.165, 1.54) is 0 Å². The predicted molar refractivity (Wildman–Crippen MR) is 72.1 cm³/mol. The van der Waals surface area contributed by atoms with Crippen LogP contribution in [0.25, 0.3) is 11.4 Å². The summed E-state index contributed by atoms with van der Waals surface area (Å²) < 4.78 is 5.26. The fourth-order valence-corrected chi connectivity index (χ4v) is 2.74. The molecular weight excluding hydrogens is 256 g/mol. The van der Waals surface area contributed by atoms with Gasteiger partial charge in [0.05, 0.1) is 11.8 Å². The van der Waals surface area contributed by atoms with Crippen molar-refractivity contribution in [3.8, 4) is 11.4 Å². The zero-order chi connectivity index (χ0) is 14.5. The molecule has 1 saturated carbocycles. The van der Waals surface area contributed by atoms with E-state index in [4.69, 9.17) is 4.52 Å². The maximum atomic E-state index is 11.2. The van der Waals surface area contributed by atoms with Gasteiger partial charge in [0.2, 0.25) is 11.7 Å². The van der Waals surface area contributed by atoms with Crippen molar-refractivity contribution in [3.63, 3.8) is 0 Å². The van der Waals surface area contributed by atoms with E-state index >= 15 is 0 Å². The van der Waals surface area contributed by atoms with Crippen LogP contribution < -0.4 is 0 Å². The minimum Gasteiger partial charge on any atom is -0.481 e. The van der Waals surface area contributed by atoms with E-state index in [0.717, 1.165) is 11.1 Å². The average Bonchev–Trinajstić information content (AvgIpc) is 2.74. The van der Waals surface area contributed by atoms with Crippen molar-refractivity contribution in [2.45, 2.75) is 26.7 Å². The number of hydrogen-bond donors (Lipinski definition) is 1. The second-order valence-electron chi connectivity index (χ2n) is 5.94. The van der Waals surface area contributed by atoms with Gasteiger partial charge in [-0.25, -0.2) is 0 Å². The first-order valence-electron chi connectivity index (χ1n) is 6.54. The second kappa shape index (κ2) is 4.16. The Morgan fingerprint density at radius 1 is 1.30 bits per heavy atom. The Morgan fingerprint density at radius 3 is 2.50 bits per heavy atom. The summed E-state index contributed by atoms with van der Waals surface area (Å²) in [5, 5.41) is 13.1. The first kappa shape index (κ1) is 12.8. The Bertz CT molecular complexity index is 658. The molecule has 20 heavy (non-hydrogen) atoms. The summed E-state index contributed by atoms with van der Waals surface area (Å²) in [6.07, 6.45) is 0. The third-order valence-corrected chi connectivity index (χ3v) is 4.11. The molecular formula is C15H16N2O3. The summed E-state index contributed by atoms with van der Waals surface area (Å²) in [5.74, 6) is -0.541. The zero-order valence-corrected chi connectivity index (χ0v) is 11.6. The monoisotopic (exact) mass is 272 g/mol. The number of nitrogens with zero attached hydrogens (tertiary/aromatic N) is 2. The van der Waals surface area contributed by atoms with Crippen molar-refractivity contribution in [1.29, 1.82) is 0 Å². The zero-order valence-electron chi connectivity index (χ0n) is 11.6. The van der Waals surface area contributed by atoms with Crippen LogP contribution in [-0.4, -0.2) is 21.2 Å². The molecule has 2 atom stereocenters. The van der Waals surface area contributed by atoms with Gasteiger partial charge >= 0.3 is 5.97 Å². The van der Waals surface area contributed by atoms with E-state index in [1.807, 2.05) is 45.0 Å². The molecule has 0 spiro atoms. The van der Waals surface area contributed by atoms with E-state index in [1.54, 1.807) is 0 Å². The molecule has 3 rings (SSSR count). The number of carboxylic acids is 1. The number of aromatic nitrogens is 2. The minimum atomic E-state index is -0.810. The maximum Gasteiger partial charge on any atom is 0.307 e. The Labute approximate surface area is 116 Å². The van der Waals surface area contributed by atoms with E-state index in [-0.39, 0.29) is 11.3 Å². The van der Waals surface area contributed by atoms with Crippen LogP contribution in [0.15, 0.2) is 28.8 Å². The van der Waals surface area contributed by atoms with Crippen molar-refractivity contribution in [1.82, 2.24) is 10.1 Å². The molecule has 0 radical (unpaired) electrons. The van der Waals surface area contributed by atoms with Crippen LogP contribution in [0.5, 0.6) is 0 Å². The molecule has 1 aromatic heterocycles. The van der Waals surface area contributed by atoms with Crippen molar-refractivity contribution < 1.29 is 14.4 Å². The molecule has 2 aromatic rings. The van der Waals surface area contributed by atoms with Gasteiger partial charge in [-0.3, -0.25) is 4.79 Å². The fourth-order valence-electron chi connectivity index (χ4n) is 2.74. The van der Waals surface area contributed by atoms with Gasteiger partial charge in [-0.2, -0.15) is 4.98 Å². The topological polar surface area (TPSA) is 76.2 Å². The Balaban J connectivity index is 1.88. The number of benzene rings is 1. The summed E-state index contributed by atoms with van der Waals surface area (Å²) in [5.41, 5.74) is 1.70. The molecule has 1 aliphatic carbocycles. The highest BCUT2D eigenvalue weighted by molar-refractivity contribution is 5.77. The molecule has 5 nitrogen and oxygen atoms in total. The standard InChI is InChI=1S/C15H16N2O3/c1-8-4-6-9(7-5-8)12-16-13(20-17-12)10-11(14(18)19)15(10,2)3/h4-7,10-11H,1-3H3,(H,18,19). The third-order valence-electron chi connectivity index (χ3n) is 4.11. The van der Waals surface area contributed by atoms with Gasteiger partial charge in [-0.15, -0.1) is 0 Å². The summed E-state index contributed by atoms with van der Waals surface area (Å²) in [4.78, 5) is 15.5. The lowest BCUT2D eigenvalue weighted by atomic mass is 10.1. The quantitative estimate of drug-likeness (QED) is 0.929. The van der Waals surface area contributed by atoms with Gasteiger partial charge in [0.1, 0.15) is 0 Å². The van der Waals surface area contributed by atoms with E-state index < -0.39 is 11.9 Å². The van der Waals surface area contributed by atoms with Gasteiger partial charge < -0.3 is 9.63 Å². The fraction of sp³-hybridized carbons (Fsp3) is 0.400. The summed E-state index contributed by atoms with van der Waals surface area (Å²) in [6.45, 7) is 5.83. The Hall–Kier alpha value is -2.17. The molecule has 0 aliphatic heterocycles. The molecule has 0 amide bonds. The third kappa shape index (κ3) is 1.90. The van der Waals surface area contributed by atoms with E-state index in [2.05, 4.69) is 10.1 Å². The van der Waals surface area contributed by atoms with Crippen LogP contribution in [0, 0.1) is 18.3 Å². The van der Waals surface area contributed by atoms with Crippen molar-refractivity contribution in [3.05, 3.63) is 35.7 Å². The van der Waals surface area contributed by atoms with Crippen LogP contribution >= 0.6 is 0 Å². The molecule has 0 saturated heterocycles. The SMILES string of the molecule is Cc1ccc(-c2noc(C3C(C(=O)O)C3(C)C)n2)cc1. The lowest BCUT2D eigenvalue weighted by molar-refractivity contribution is -0.139. The highest BCUT2D eigenvalue weighted by Crippen LogP contribution is 2.64. The molecule has 1 N–H and O–H groups in total. The first-order chi connectivity index (χ1) is 9.41. The lowest BCUT2D eigenvalue weighted by Gasteiger charge is -1.96. The molecule has 104 valence electrons. The van der Waals surface area contributed by atoms with E-state index in [0.29, 0.717) is 11.7 Å². The number of aliphatic carboxylic acids is 1. The molecule has 1 fully saturated rings. The average molecular weight is 272 g/mol. The Morgan fingerprint density at radius 2 is 1.95 bits per heavy atom. The van der Waals surface area contributed by atoms with E-state index in [9.17, 15) is 9.90 Å². The van der Waals surface area contributed by atoms with Crippen LogP contribution in [0.3, 0.4) is 0 Å². The molecule has 1 aliphatic rings. The lowest BCUT2D eigenvalue weighted by Crippen LogP contribution is -2.03. The number of rotatable bonds is 3. The van der Waals surface area contributed by atoms with Crippen molar-refractivity contribution >= 4 is 5.97 Å². The molecule has 1 heterocycles. The van der Waals surface area contributed by atoms with Gasteiger partial charge in [0.25, 0.3) is 0 Å². The number of carboxylic acid groups (broad SMARTS) is 1. The van der Waals surface area contributed by atoms with Crippen molar-refractivity contribution in [2.75, 3.05) is 0 Å². The van der Waals surface area contributed by atoms with Gasteiger partial charge in [-0.05, 0) is 12.3 Å². The number of carbonyl (C=O) groups is 1. The minimum absolute atomic E-state index is 0.202. The predicted octanol–water partition coefficient (Wildman–Crippen LogP) is 2.87. The van der Waals surface area contributed by atoms with Crippen LogP contribution in [0.4, 0.5) is 0 Å². The summed E-state index contributed by atoms with van der Waals surface area (Å²) in [7, 11) is 0. The normalized spacial score (nSPS) is 23.6. The summed E-state index contributed by atoms with van der Waals surface area (Å²) >= 11 is 0. The second-order valence-corrected chi connectivity index (χ2v) is 5.94. The molecule has 0 bridgehead atoms. The largest absolute Gasteiger partial charge is 0.481 e. The van der Waals surface area contributed by atoms with Crippen molar-refractivity contribution in [2.24, 2.45) is 11.3 Å². The highest BCUT2D eigenvalue weighted by atomic mass is 16.5. The Kier molecular flexibility index (Phi) is 2.67. The smallest absolute Gasteiger partial charge is 0.307 e. The molecule has 2 unspecified atom stereocenters. The van der Waals surface area contributed by atoms with Crippen LogP contribution in [0.1, 0.15) is 31.2 Å². The number of aryl methyl sites for hydroxylation is 1. The van der Waals surface area contributed by atoms with Gasteiger partial charge in [0.15, 0.2) is 0 Å². The van der Waals surface area contributed by atoms with Crippen LogP contribution in [-0.2, 0) is 4.79 Å². The van der Waals surface area contributed by atoms with Gasteiger partial charge in [0, 0.05) is 5.56 Å².